The normalized spacial score (nSPS) is 14.3. The lowest BCUT2D eigenvalue weighted by atomic mass is 9.93. The second kappa shape index (κ2) is 7.80. The van der Waals surface area contributed by atoms with E-state index in [1.54, 1.807) is 12.1 Å². The van der Waals surface area contributed by atoms with Crippen molar-refractivity contribution in [3.63, 3.8) is 0 Å². The zero-order valence-corrected chi connectivity index (χ0v) is 17.1. The third-order valence-electron chi connectivity index (χ3n) is 4.64. The number of fused-ring (bicyclic) bond motifs is 1. The fourth-order valence-electron chi connectivity index (χ4n) is 3.17. The summed E-state index contributed by atoms with van der Waals surface area (Å²) in [6.45, 7) is 9.32. The fourth-order valence-corrected chi connectivity index (χ4v) is 4.30. The first-order chi connectivity index (χ1) is 12.8. The Morgan fingerprint density at radius 2 is 1.48 bits per heavy atom. The van der Waals surface area contributed by atoms with Crippen molar-refractivity contribution >= 4 is 15.7 Å². The van der Waals surface area contributed by atoms with Crippen molar-refractivity contribution in [1.82, 2.24) is 0 Å². The highest BCUT2D eigenvalue weighted by Crippen LogP contribution is 2.36. The van der Waals surface area contributed by atoms with Crippen molar-refractivity contribution in [2.75, 3.05) is 17.9 Å². The summed E-state index contributed by atoms with van der Waals surface area (Å²) in [5.41, 5.74) is 2.65. The van der Waals surface area contributed by atoms with Crippen molar-refractivity contribution in [2.24, 2.45) is 0 Å². The first-order valence-electron chi connectivity index (χ1n) is 9.35. The predicted octanol–water partition coefficient (Wildman–Crippen LogP) is 4.90. The summed E-state index contributed by atoms with van der Waals surface area (Å²) < 4.78 is 40.3. The number of rotatable bonds is 5. The molecule has 6 heteroatoms. The molecule has 0 saturated carbocycles. The standard InChI is InChI=1S/C21H27NO4S/c1-14(2)17-7-5-8-18(15(3)4)21(17)22-27(23,24)16-9-10-19-20(13-16)26-12-6-11-25-19/h5,7-10,13-15,22H,6,11-12H2,1-4H3. The van der Waals surface area contributed by atoms with E-state index in [1.165, 1.54) is 6.07 Å². The average Bonchev–Trinajstić information content (AvgIpc) is 2.85. The van der Waals surface area contributed by atoms with E-state index in [-0.39, 0.29) is 16.7 Å². The first kappa shape index (κ1) is 19.5. The molecule has 2 aromatic rings. The van der Waals surface area contributed by atoms with Crippen LogP contribution in [0.1, 0.15) is 57.1 Å². The molecule has 0 unspecified atom stereocenters. The maximum absolute atomic E-state index is 13.1. The molecule has 5 nitrogen and oxygen atoms in total. The van der Waals surface area contributed by atoms with E-state index in [0.29, 0.717) is 30.4 Å². The van der Waals surface area contributed by atoms with Crippen LogP contribution in [0.4, 0.5) is 5.69 Å². The van der Waals surface area contributed by atoms with E-state index < -0.39 is 10.0 Å². The van der Waals surface area contributed by atoms with Crippen LogP contribution >= 0.6 is 0 Å². The maximum Gasteiger partial charge on any atom is 0.262 e. The first-order valence-corrected chi connectivity index (χ1v) is 10.8. The molecule has 27 heavy (non-hydrogen) atoms. The molecule has 1 N–H and O–H groups in total. The number of hydrogen-bond acceptors (Lipinski definition) is 4. The minimum atomic E-state index is -3.76. The molecule has 0 bridgehead atoms. The Kier molecular flexibility index (Phi) is 5.65. The van der Waals surface area contributed by atoms with Gasteiger partial charge in [-0.2, -0.15) is 0 Å². The molecule has 0 fully saturated rings. The zero-order valence-electron chi connectivity index (χ0n) is 16.3. The molecule has 0 spiro atoms. The van der Waals surface area contributed by atoms with Gasteiger partial charge in [0.15, 0.2) is 11.5 Å². The third-order valence-corrected chi connectivity index (χ3v) is 5.99. The number of anilines is 1. The number of sulfonamides is 1. The number of nitrogens with one attached hydrogen (secondary N) is 1. The van der Waals surface area contributed by atoms with Gasteiger partial charge in [-0.15, -0.1) is 0 Å². The van der Waals surface area contributed by atoms with E-state index in [4.69, 9.17) is 9.47 Å². The fraction of sp³-hybridized carbons (Fsp3) is 0.429. The Balaban J connectivity index is 2.02. The zero-order chi connectivity index (χ0) is 19.6. The minimum Gasteiger partial charge on any atom is -0.490 e. The van der Waals surface area contributed by atoms with Gasteiger partial charge in [0.05, 0.1) is 23.8 Å². The van der Waals surface area contributed by atoms with E-state index in [2.05, 4.69) is 32.4 Å². The minimum absolute atomic E-state index is 0.167. The molecule has 1 aliphatic rings. The Morgan fingerprint density at radius 1 is 0.889 bits per heavy atom. The molecule has 0 radical (unpaired) electrons. The van der Waals surface area contributed by atoms with Crippen LogP contribution in [-0.2, 0) is 10.0 Å². The van der Waals surface area contributed by atoms with Crippen molar-refractivity contribution in [2.45, 2.75) is 50.8 Å². The van der Waals surface area contributed by atoms with Crippen molar-refractivity contribution in [3.05, 3.63) is 47.5 Å². The van der Waals surface area contributed by atoms with Crippen molar-refractivity contribution < 1.29 is 17.9 Å². The molecule has 1 heterocycles. The number of benzene rings is 2. The Labute approximate surface area is 161 Å². The van der Waals surface area contributed by atoms with Gasteiger partial charge < -0.3 is 9.47 Å². The van der Waals surface area contributed by atoms with Gasteiger partial charge in [0.1, 0.15) is 0 Å². The molecule has 0 atom stereocenters. The second-order valence-electron chi connectivity index (χ2n) is 7.39. The van der Waals surface area contributed by atoms with E-state index in [9.17, 15) is 8.42 Å². The summed E-state index contributed by atoms with van der Waals surface area (Å²) in [4.78, 5) is 0.167. The smallest absolute Gasteiger partial charge is 0.262 e. The van der Waals surface area contributed by atoms with Crippen LogP contribution in [0.5, 0.6) is 11.5 Å². The Bertz CT molecular complexity index is 894. The van der Waals surface area contributed by atoms with Crippen LogP contribution in [0.2, 0.25) is 0 Å². The van der Waals surface area contributed by atoms with E-state index in [1.807, 2.05) is 18.2 Å². The van der Waals surface area contributed by atoms with Crippen LogP contribution in [0.3, 0.4) is 0 Å². The quantitative estimate of drug-likeness (QED) is 0.790. The molecule has 3 rings (SSSR count). The predicted molar refractivity (Wildman–Crippen MR) is 107 cm³/mol. The molecule has 146 valence electrons. The van der Waals surface area contributed by atoms with Crippen LogP contribution < -0.4 is 14.2 Å². The summed E-state index contributed by atoms with van der Waals surface area (Å²) in [5.74, 6) is 1.45. The molecular weight excluding hydrogens is 362 g/mol. The van der Waals surface area contributed by atoms with Crippen LogP contribution in [0, 0.1) is 0 Å². The summed E-state index contributed by atoms with van der Waals surface area (Å²) in [5, 5.41) is 0. The summed E-state index contributed by atoms with van der Waals surface area (Å²) >= 11 is 0. The topological polar surface area (TPSA) is 64.6 Å². The van der Waals surface area contributed by atoms with Crippen molar-refractivity contribution in [1.29, 1.82) is 0 Å². The largest absolute Gasteiger partial charge is 0.490 e. The van der Waals surface area contributed by atoms with Gasteiger partial charge in [0, 0.05) is 12.5 Å². The highest BCUT2D eigenvalue weighted by atomic mass is 32.2. The van der Waals surface area contributed by atoms with Crippen molar-refractivity contribution in [3.8, 4) is 11.5 Å². The van der Waals surface area contributed by atoms with Gasteiger partial charge in [-0.25, -0.2) is 8.42 Å². The van der Waals surface area contributed by atoms with Crippen LogP contribution in [0.25, 0.3) is 0 Å². The van der Waals surface area contributed by atoms with E-state index >= 15 is 0 Å². The maximum atomic E-state index is 13.1. The van der Waals surface area contributed by atoms with Crippen LogP contribution in [0.15, 0.2) is 41.3 Å². The number of para-hydroxylation sites is 1. The lowest BCUT2D eigenvalue weighted by Crippen LogP contribution is -2.16. The van der Waals surface area contributed by atoms with Crippen LogP contribution in [-0.4, -0.2) is 21.6 Å². The molecule has 0 amide bonds. The van der Waals surface area contributed by atoms with Gasteiger partial charge in [0.2, 0.25) is 0 Å². The summed E-state index contributed by atoms with van der Waals surface area (Å²) in [6.07, 6.45) is 0.772. The Hall–Kier alpha value is -2.21. The highest BCUT2D eigenvalue weighted by molar-refractivity contribution is 7.92. The van der Waals surface area contributed by atoms with Gasteiger partial charge in [0.25, 0.3) is 10.0 Å². The molecule has 1 aliphatic heterocycles. The van der Waals surface area contributed by atoms with E-state index in [0.717, 1.165) is 17.5 Å². The van der Waals surface area contributed by atoms with Gasteiger partial charge in [-0.3, -0.25) is 4.72 Å². The summed E-state index contributed by atoms with van der Waals surface area (Å²) in [6, 6.07) is 10.7. The average molecular weight is 390 g/mol. The number of hydrogen-bond donors (Lipinski definition) is 1. The second-order valence-corrected chi connectivity index (χ2v) is 9.07. The molecule has 0 aromatic heterocycles. The van der Waals surface area contributed by atoms with Gasteiger partial charge in [-0.05, 0) is 35.1 Å². The molecule has 0 saturated heterocycles. The lowest BCUT2D eigenvalue weighted by Gasteiger charge is -2.21. The SMILES string of the molecule is CC(C)c1cccc(C(C)C)c1NS(=O)(=O)c1ccc2c(c1)OCCCO2. The lowest BCUT2D eigenvalue weighted by molar-refractivity contribution is 0.297. The molecule has 2 aromatic carbocycles. The highest BCUT2D eigenvalue weighted by Gasteiger charge is 2.23. The molecular formula is C21H27NO4S. The van der Waals surface area contributed by atoms with Gasteiger partial charge in [-0.1, -0.05) is 45.9 Å². The van der Waals surface area contributed by atoms with Gasteiger partial charge >= 0.3 is 0 Å². The summed E-state index contributed by atoms with van der Waals surface area (Å²) in [7, 11) is -3.76. The number of ether oxygens (including phenoxy) is 2. The third kappa shape index (κ3) is 4.21. The molecule has 0 aliphatic carbocycles. The monoisotopic (exact) mass is 389 g/mol. The Morgan fingerprint density at radius 3 is 2.07 bits per heavy atom.